The normalized spacial score (nSPS) is 16.3. The summed E-state index contributed by atoms with van der Waals surface area (Å²) in [5.74, 6) is 0.325. The lowest BCUT2D eigenvalue weighted by Crippen LogP contribution is -2.32. The van der Waals surface area contributed by atoms with Crippen molar-refractivity contribution >= 4 is 17.6 Å². The van der Waals surface area contributed by atoms with E-state index in [-0.39, 0.29) is 6.42 Å². The number of hydrogen-bond acceptors (Lipinski definition) is 3. The average Bonchev–Trinajstić information content (AvgIpc) is 3.09. The van der Waals surface area contributed by atoms with Crippen molar-refractivity contribution in [1.82, 2.24) is 0 Å². The summed E-state index contributed by atoms with van der Waals surface area (Å²) in [7, 11) is 0. The van der Waals surface area contributed by atoms with Gasteiger partial charge in [0.1, 0.15) is 11.8 Å². The highest BCUT2D eigenvalue weighted by Crippen LogP contribution is 2.30. The highest BCUT2D eigenvalue weighted by molar-refractivity contribution is 6.30. The molecule has 1 fully saturated rings. The second-order valence-electron chi connectivity index (χ2n) is 4.70. The number of halogens is 1. The van der Waals surface area contributed by atoms with Crippen LogP contribution in [0.2, 0.25) is 5.02 Å². The van der Waals surface area contributed by atoms with Crippen molar-refractivity contribution in [3.8, 4) is 5.75 Å². The zero-order valence-electron chi connectivity index (χ0n) is 9.93. The Balaban J connectivity index is 2.02. The predicted molar refractivity (Wildman–Crippen MR) is 69.0 cm³/mol. The van der Waals surface area contributed by atoms with Gasteiger partial charge in [0.15, 0.2) is 0 Å². The Morgan fingerprint density at radius 3 is 2.83 bits per heavy atom. The second kappa shape index (κ2) is 5.59. The zero-order valence-corrected chi connectivity index (χ0v) is 10.7. The van der Waals surface area contributed by atoms with Crippen molar-refractivity contribution in [3.05, 3.63) is 28.8 Å². The van der Waals surface area contributed by atoms with Crippen LogP contribution in [0.15, 0.2) is 18.2 Å². The summed E-state index contributed by atoms with van der Waals surface area (Å²) in [6.45, 7) is 0.699. The molecule has 0 aromatic heterocycles. The molecule has 1 aliphatic carbocycles. The van der Waals surface area contributed by atoms with E-state index >= 15 is 0 Å². The van der Waals surface area contributed by atoms with Crippen LogP contribution in [0, 0.1) is 5.92 Å². The van der Waals surface area contributed by atoms with Crippen LogP contribution >= 0.6 is 11.6 Å². The maximum Gasteiger partial charge on any atom is 0.320 e. The fourth-order valence-corrected chi connectivity index (χ4v) is 1.91. The second-order valence-corrected chi connectivity index (χ2v) is 5.13. The molecule has 1 saturated carbocycles. The number of benzene rings is 1. The number of carbonyl (C=O) groups is 1. The first-order chi connectivity index (χ1) is 8.54. The molecule has 1 aliphatic rings. The topological polar surface area (TPSA) is 72.5 Å². The molecule has 0 aliphatic heterocycles. The molecule has 2 rings (SSSR count). The molecule has 0 bridgehead atoms. The van der Waals surface area contributed by atoms with Crippen LogP contribution in [0.5, 0.6) is 5.75 Å². The summed E-state index contributed by atoms with van der Waals surface area (Å²) in [5, 5.41) is 9.31. The number of hydrogen-bond donors (Lipinski definition) is 2. The quantitative estimate of drug-likeness (QED) is 0.829. The molecule has 0 spiro atoms. The number of carboxylic acid groups (broad SMARTS) is 1. The van der Waals surface area contributed by atoms with E-state index < -0.39 is 12.0 Å². The van der Waals surface area contributed by atoms with Crippen molar-refractivity contribution in [2.75, 3.05) is 6.61 Å². The smallest absolute Gasteiger partial charge is 0.320 e. The van der Waals surface area contributed by atoms with Crippen LogP contribution in [0.3, 0.4) is 0 Å². The Hall–Kier alpha value is -1.26. The SMILES string of the molecule is NC(Cc1cc(Cl)cc(OCC2CC2)c1)C(=O)O. The average molecular weight is 270 g/mol. The Bertz CT molecular complexity index is 446. The highest BCUT2D eigenvalue weighted by Gasteiger charge is 2.22. The number of carboxylic acids is 1. The fourth-order valence-electron chi connectivity index (χ4n) is 1.66. The van der Waals surface area contributed by atoms with Gasteiger partial charge in [-0.25, -0.2) is 0 Å². The minimum atomic E-state index is -1.02. The van der Waals surface area contributed by atoms with Gasteiger partial charge >= 0.3 is 5.97 Å². The van der Waals surface area contributed by atoms with E-state index in [9.17, 15) is 4.79 Å². The number of ether oxygens (including phenoxy) is 1. The Labute approximate surface area is 111 Å². The van der Waals surface area contributed by atoms with Crippen molar-refractivity contribution in [1.29, 1.82) is 0 Å². The fraction of sp³-hybridized carbons (Fsp3) is 0.462. The monoisotopic (exact) mass is 269 g/mol. The molecule has 1 aromatic rings. The molecule has 5 heteroatoms. The molecule has 0 radical (unpaired) electrons. The van der Waals surface area contributed by atoms with Gasteiger partial charge in [-0.1, -0.05) is 11.6 Å². The first-order valence-corrected chi connectivity index (χ1v) is 6.33. The van der Waals surface area contributed by atoms with Crippen molar-refractivity contribution in [2.24, 2.45) is 11.7 Å². The summed E-state index contributed by atoms with van der Waals surface area (Å²) in [4.78, 5) is 10.7. The number of rotatable bonds is 6. The summed E-state index contributed by atoms with van der Waals surface area (Å²) < 4.78 is 5.62. The Morgan fingerprint density at radius 2 is 2.22 bits per heavy atom. The van der Waals surface area contributed by atoms with Gasteiger partial charge in [-0.05, 0) is 48.9 Å². The molecule has 1 unspecified atom stereocenters. The molecule has 1 atom stereocenters. The van der Waals surface area contributed by atoms with Gasteiger partial charge < -0.3 is 15.6 Å². The largest absolute Gasteiger partial charge is 0.493 e. The molecule has 1 aromatic carbocycles. The molecule has 0 amide bonds. The van der Waals surface area contributed by atoms with E-state index in [1.807, 2.05) is 0 Å². The van der Waals surface area contributed by atoms with Crippen molar-refractivity contribution < 1.29 is 14.6 Å². The third-order valence-electron chi connectivity index (χ3n) is 2.89. The minimum Gasteiger partial charge on any atom is -0.493 e. The van der Waals surface area contributed by atoms with Gasteiger partial charge in [-0.3, -0.25) is 4.79 Å². The van der Waals surface area contributed by atoms with E-state index in [1.165, 1.54) is 12.8 Å². The lowest BCUT2D eigenvalue weighted by molar-refractivity contribution is -0.138. The summed E-state index contributed by atoms with van der Waals surface area (Å²) in [6, 6.07) is 4.34. The first-order valence-electron chi connectivity index (χ1n) is 5.95. The molecule has 0 heterocycles. The van der Waals surface area contributed by atoms with Gasteiger partial charge in [-0.2, -0.15) is 0 Å². The molecule has 0 saturated heterocycles. The molecule has 3 N–H and O–H groups in total. The van der Waals surface area contributed by atoms with E-state index in [0.717, 1.165) is 5.56 Å². The molecular weight excluding hydrogens is 254 g/mol. The number of aliphatic carboxylic acids is 1. The lowest BCUT2D eigenvalue weighted by atomic mass is 10.1. The van der Waals surface area contributed by atoms with Crippen LogP contribution in [0.4, 0.5) is 0 Å². The molecule has 98 valence electrons. The third-order valence-corrected chi connectivity index (χ3v) is 3.10. The summed E-state index contributed by atoms with van der Waals surface area (Å²) in [6.07, 6.45) is 2.68. The standard InChI is InChI=1S/C13H16ClNO3/c14-10-3-9(5-12(15)13(16)17)4-11(6-10)18-7-8-1-2-8/h3-4,6,8,12H,1-2,5,7,15H2,(H,16,17). The van der Waals surface area contributed by atoms with Gasteiger partial charge in [0, 0.05) is 5.02 Å². The van der Waals surface area contributed by atoms with Crippen LogP contribution in [0.1, 0.15) is 18.4 Å². The van der Waals surface area contributed by atoms with E-state index in [0.29, 0.717) is 23.3 Å². The molecule has 4 nitrogen and oxygen atoms in total. The van der Waals surface area contributed by atoms with Crippen LogP contribution in [-0.4, -0.2) is 23.7 Å². The minimum absolute atomic E-state index is 0.246. The maximum atomic E-state index is 10.7. The Morgan fingerprint density at radius 1 is 1.50 bits per heavy atom. The molecular formula is C13H16ClNO3. The van der Waals surface area contributed by atoms with Crippen molar-refractivity contribution in [2.45, 2.75) is 25.3 Å². The van der Waals surface area contributed by atoms with E-state index in [4.69, 9.17) is 27.2 Å². The zero-order chi connectivity index (χ0) is 13.1. The van der Waals surface area contributed by atoms with Gasteiger partial charge in [0.25, 0.3) is 0 Å². The van der Waals surface area contributed by atoms with Crippen LogP contribution in [-0.2, 0) is 11.2 Å². The van der Waals surface area contributed by atoms with Gasteiger partial charge in [0.2, 0.25) is 0 Å². The summed E-state index contributed by atoms with van der Waals surface area (Å²) >= 11 is 5.98. The lowest BCUT2D eigenvalue weighted by Gasteiger charge is -2.10. The molecule has 18 heavy (non-hydrogen) atoms. The van der Waals surface area contributed by atoms with Gasteiger partial charge in [0.05, 0.1) is 6.61 Å². The van der Waals surface area contributed by atoms with E-state index in [1.54, 1.807) is 18.2 Å². The maximum absolute atomic E-state index is 10.7. The first kappa shape index (κ1) is 13.2. The van der Waals surface area contributed by atoms with Crippen LogP contribution in [0.25, 0.3) is 0 Å². The number of nitrogens with two attached hydrogens (primary N) is 1. The summed E-state index contributed by atoms with van der Waals surface area (Å²) in [5.41, 5.74) is 6.28. The van der Waals surface area contributed by atoms with Gasteiger partial charge in [-0.15, -0.1) is 0 Å². The highest BCUT2D eigenvalue weighted by atomic mass is 35.5. The van der Waals surface area contributed by atoms with Crippen LogP contribution < -0.4 is 10.5 Å². The third kappa shape index (κ3) is 3.89. The van der Waals surface area contributed by atoms with Crippen molar-refractivity contribution in [3.63, 3.8) is 0 Å². The predicted octanol–water partition coefficient (Wildman–Crippen LogP) is 2.08. The van der Waals surface area contributed by atoms with E-state index in [2.05, 4.69) is 0 Å². The Kier molecular flexibility index (Phi) is 4.09.